The molecule has 84 valence electrons. The lowest BCUT2D eigenvalue weighted by Gasteiger charge is -2.11. The number of rotatable bonds is 4. The molecule has 0 fully saturated rings. The normalized spacial score (nSPS) is 13.7. The highest BCUT2D eigenvalue weighted by Gasteiger charge is 2.09. The summed E-state index contributed by atoms with van der Waals surface area (Å²) in [6.07, 6.45) is 0.184. The number of nitrogen functional groups attached to an aromatic ring is 1. The van der Waals surface area contributed by atoms with Crippen LogP contribution in [-0.2, 0) is 10.0 Å². The summed E-state index contributed by atoms with van der Waals surface area (Å²) in [6.45, 7) is -0.0389. The van der Waals surface area contributed by atoms with E-state index < -0.39 is 16.1 Å². The van der Waals surface area contributed by atoms with Gasteiger partial charge in [0.1, 0.15) is 0 Å². The van der Waals surface area contributed by atoms with Gasteiger partial charge in [-0.05, 0) is 17.7 Å². The van der Waals surface area contributed by atoms with Gasteiger partial charge in [0, 0.05) is 12.2 Å². The Morgan fingerprint density at radius 3 is 2.40 bits per heavy atom. The van der Waals surface area contributed by atoms with E-state index in [1.165, 1.54) is 0 Å². The lowest BCUT2D eigenvalue weighted by molar-refractivity contribution is 0.182. The van der Waals surface area contributed by atoms with Gasteiger partial charge in [-0.1, -0.05) is 12.1 Å². The second kappa shape index (κ2) is 4.61. The van der Waals surface area contributed by atoms with Gasteiger partial charge >= 0.3 is 0 Å². The van der Waals surface area contributed by atoms with Crippen molar-refractivity contribution in [2.24, 2.45) is 0 Å². The highest BCUT2D eigenvalue weighted by Crippen LogP contribution is 2.13. The molecule has 1 rings (SSSR count). The van der Waals surface area contributed by atoms with E-state index in [2.05, 4.69) is 4.72 Å². The van der Waals surface area contributed by atoms with Crippen LogP contribution in [0.15, 0.2) is 24.3 Å². The maximum absolute atomic E-state index is 10.8. The molecule has 0 spiro atoms. The number of hydrogen-bond donors (Lipinski definition) is 3. The van der Waals surface area contributed by atoms with Gasteiger partial charge < -0.3 is 10.8 Å². The Morgan fingerprint density at radius 1 is 1.40 bits per heavy atom. The van der Waals surface area contributed by atoms with E-state index in [-0.39, 0.29) is 6.54 Å². The van der Waals surface area contributed by atoms with Gasteiger partial charge in [-0.2, -0.15) is 0 Å². The van der Waals surface area contributed by atoms with Gasteiger partial charge in [-0.25, -0.2) is 13.1 Å². The number of aliphatic hydroxyl groups is 1. The molecule has 6 heteroatoms. The second-order valence-corrected chi connectivity index (χ2v) is 5.14. The molecule has 0 bridgehead atoms. The summed E-state index contributed by atoms with van der Waals surface area (Å²) in [4.78, 5) is 0. The number of aliphatic hydroxyl groups excluding tert-OH is 1. The molecule has 5 nitrogen and oxygen atoms in total. The van der Waals surface area contributed by atoms with Crippen LogP contribution in [-0.4, -0.2) is 26.3 Å². The van der Waals surface area contributed by atoms with Crippen molar-refractivity contribution >= 4 is 15.7 Å². The summed E-state index contributed by atoms with van der Waals surface area (Å²) in [5.41, 5.74) is 6.70. The molecule has 0 aliphatic heterocycles. The van der Waals surface area contributed by atoms with Crippen LogP contribution in [0.4, 0.5) is 5.69 Å². The van der Waals surface area contributed by atoms with E-state index >= 15 is 0 Å². The fourth-order valence-corrected chi connectivity index (χ4v) is 1.53. The predicted octanol–water partition coefficient (Wildman–Crippen LogP) is -0.149. The first-order valence-corrected chi connectivity index (χ1v) is 6.26. The molecule has 0 aromatic heterocycles. The van der Waals surface area contributed by atoms with Crippen LogP contribution in [0, 0.1) is 0 Å². The van der Waals surface area contributed by atoms with Crippen LogP contribution in [0.5, 0.6) is 0 Å². The Morgan fingerprint density at radius 2 is 1.93 bits per heavy atom. The maximum Gasteiger partial charge on any atom is 0.208 e. The molecule has 0 saturated heterocycles. The van der Waals surface area contributed by atoms with Gasteiger partial charge in [0.05, 0.1) is 12.4 Å². The first-order valence-electron chi connectivity index (χ1n) is 4.36. The van der Waals surface area contributed by atoms with Crippen molar-refractivity contribution < 1.29 is 13.5 Å². The smallest absolute Gasteiger partial charge is 0.208 e. The minimum absolute atomic E-state index is 0.0389. The highest BCUT2D eigenvalue weighted by atomic mass is 32.2. The van der Waals surface area contributed by atoms with E-state index in [4.69, 9.17) is 5.73 Å². The van der Waals surface area contributed by atoms with Gasteiger partial charge in [0.25, 0.3) is 0 Å². The van der Waals surface area contributed by atoms with Crippen molar-refractivity contribution in [3.05, 3.63) is 29.8 Å². The number of nitrogens with two attached hydrogens (primary N) is 1. The van der Waals surface area contributed by atoms with Crippen molar-refractivity contribution in [3.8, 4) is 0 Å². The maximum atomic E-state index is 10.8. The fraction of sp³-hybridized carbons (Fsp3) is 0.333. The Balaban J connectivity index is 2.61. The van der Waals surface area contributed by atoms with E-state index in [9.17, 15) is 13.5 Å². The summed E-state index contributed by atoms with van der Waals surface area (Å²) in [5.74, 6) is 0. The Kier molecular flexibility index (Phi) is 3.67. The molecular formula is C9H14N2O3S. The zero-order valence-corrected chi connectivity index (χ0v) is 9.16. The number of anilines is 1. The molecule has 0 heterocycles. The molecule has 15 heavy (non-hydrogen) atoms. The third-order valence-electron chi connectivity index (χ3n) is 1.86. The van der Waals surface area contributed by atoms with Crippen LogP contribution >= 0.6 is 0 Å². The van der Waals surface area contributed by atoms with E-state index in [0.717, 1.165) is 6.26 Å². The van der Waals surface area contributed by atoms with Crippen molar-refractivity contribution in [2.75, 3.05) is 18.5 Å². The summed E-state index contributed by atoms with van der Waals surface area (Å²) in [5, 5.41) is 9.61. The SMILES string of the molecule is CS(=O)(=O)NCC(O)c1ccc(N)cc1. The van der Waals surface area contributed by atoms with Crippen molar-refractivity contribution in [2.45, 2.75) is 6.10 Å². The molecule has 0 saturated carbocycles. The summed E-state index contributed by atoms with van der Waals surface area (Å²) < 4.78 is 23.8. The zero-order chi connectivity index (χ0) is 11.5. The molecule has 1 unspecified atom stereocenters. The summed E-state index contributed by atoms with van der Waals surface area (Å²) in [6, 6.07) is 6.62. The molecule has 0 radical (unpaired) electrons. The van der Waals surface area contributed by atoms with Crippen molar-refractivity contribution in [1.29, 1.82) is 0 Å². The molecule has 1 aromatic carbocycles. The van der Waals surface area contributed by atoms with E-state index in [1.54, 1.807) is 24.3 Å². The molecular weight excluding hydrogens is 216 g/mol. The van der Waals surface area contributed by atoms with Gasteiger partial charge in [-0.15, -0.1) is 0 Å². The third kappa shape index (κ3) is 4.28. The topological polar surface area (TPSA) is 92.4 Å². The lowest BCUT2D eigenvalue weighted by atomic mass is 10.1. The summed E-state index contributed by atoms with van der Waals surface area (Å²) in [7, 11) is -3.27. The average molecular weight is 230 g/mol. The molecule has 1 atom stereocenters. The predicted molar refractivity (Wildman–Crippen MR) is 58.7 cm³/mol. The Bertz CT molecular complexity index is 413. The van der Waals surface area contributed by atoms with E-state index in [1.807, 2.05) is 0 Å². The first-order chi connectivity index (χ1) is 6.88. The first kappa shape index (κ1) is 12.0. The minimum atomic E-state index is -3.27. The second-order valence-electron chi connectivity index (χ2n) is 3.30. The molecule has 4 N–H and O–H groups in total. The van der Waals surface area contributed by atoms with Crippen molar-refractivity contribution in [1.82, 2.24) is 4.72 Å². The van der Waals surface area contributed by atoms with Gasteiger partial charge in [0.15, 0.2) is 0 Å². The zero-order valence-electron chi connectivity index (χ0n) is 8.34. The van der Waals surface area contributed by atoms with Crippen LogP contribution < -0.4 is 10.5 Å². The highest BCUT2D eigenvalue weighted by molar-refractivity contribution is 7.88. The van der Waals surface area contributed by atoms with Gasteiger partial charge in [-0.3, -0.25) is 0 Å². The van der Waals surface area contributed by atoms with Crippen LogP contribution in [0.3, 0.4) is 0 Å². The van der Waals surface area contributed by atoms with Crippen LogP contribution in [0.25, 0.3) is 0 Å². The Hall–Kier alpha value is -1.11. The third-order valence-corrected chi connectivity index (χ3v) is 2.55. The number of benzene rings is 1. The van der Waals surface area contributed by atoms with Crippen LogP contribution in [0.2, 0.25) is 0 Å². The fourth-order valence-electron chi connectivity index (χ4n) is 1.07. The molecule has 0 aliphatic carbocycles. The van der Waals surface area contributed by atoms with Crippen molar-refractivity contribution in [3.63, 3.8) is 0 Å². The van der Waals surface area contributed by atoms with E-state index in [0.29, 0.717) is 11.3 Å². The number of sulfonamides is 1. The number of nitrogens with one attached hydrogen (secondary N) is 1. The van der Waals surface area contributed by atoms with Gasteiger partial charge in [0.2, 0.25) is 10.0 Å². The molecule has 0 aliphatic rings. The lowest BCUT2D eigenvalue weighted by Crippen LogP contribution is -2.27. The Labute approximate surface area is 89.0 Å². The average Bonchev–Trinajstić information content (AvgIpc) is 2.14. The van der Waals surface area contributed by atoms with Crippen LogP contribution in [0.1, 0.15) is 11.7 Å². The molecule has 1 aromatic rings. The quantitative estimate of drug-likeness (QED) is 0.627. The summed E-state index contributed by atoms with van der Waals surface area (Å²) >= 11 is 0. The number of hydrogen-bond acceptors (Lipinski definition) is 4. The largest absolute Gasteiger partial charge is 0.399 e. The monoisotopic (exact) mass is 230 g/mol. The molecule has 0 amide bonds. The minimum Gasteiger partial charge on any atom is -0.399 e. The standard InChI is InChI=1S/C9H14N2O3S/c1-15(13,14)11-6-9(12)7-2-4-8(10)5-3-7/h2-5,9,11-12H,6,10H2,1H3.